The third-order valence-corrected chi connectivity index (χ3v) is 3.78. The van der Waals surface area contributed by atoms with E-state index < -0.39 is 0 Å². The largest absolute Gasteiger partial charge is 0.497 e. The van der Waals surface area contributed by atoms with E-state index in [-0.39, 0.29) is 24.6 Å². The van der Waals surface area contributed by atoms with Crippen LogP contribution in [0.2, 0.25) is 0 Å². The highest BCUT2D eigenvalue weighted by Gasteiger charge is 2.20. The normalized spacial score (nSPS) is 11.1. The average Bonchev–Trinajstić information content (AvgIpc) is 2.51. The van der Waals surface area contributed by atoms with Gasteiger partial charge in [-0.2, -0.15) is 0 Å². The van der Waals surface area contributed by atoms with Gasteiger partial charge in [0.2, 0.25) is 0 Å². The van der Waals surface area contributed by atoms with E-state index in [9.17, 15) is 4.79 Å². The first-order valence-corrected chi connectivity index (χ1v) is 7.94. The molecule has 0 fully saturated rings. The zero-order valence-corrected chi connectivity index (χ0v) is 14.5. The minimum atomic E-state index is 0.000684. The number of rotatable bonds is 6. The lowest BCUT2D eigenvalue weighted by molar-refractivity contribution is -0.136. The fourth-order valence-corrected chi connectivity index (χ4v) is 2.81. The van der Waals surface area contributed by atoms with E-state index in [1.54, 1.807) is 7.11 Å². The Bertz CT molecular complexity index is 671. The number of ether oxygens (including phenoxy) is 2. The van der Waals surface area contributed by atoms with Gasteiger partial charge < -0.3 is 14.4 Å². The van der Waals surface area contributed by atoms with Crippen LogP contribution in [0, 0.1) is 0 Å². The molecule has 0 aliphatic heterocycles. The number of amides is 1. The van der Waals surface area contributed by atoms with E-state index >= 15 is 0 Å². The summed E-state index contributed by atoms with van der Waals surface area (Å²) in [7, 11) is 1.65. The molecule has 0 radical (unpaired) electrons. The molecule has 0 atom stereocenters. The van der Waals surface area contributed by atoms with Crippen molar-refractivity contribution < 1.29 is 14.3 Å². The number of hydrogen-bond acceptors (Lipinski definition) is 3. The standard InChI is InChI=1S/C19H25NO3/c1-13(2)20(14(3)4)19(21)12-23-18-9-7-15-6-8-17(22-5)10-16(15)11-18/h6-11,13-14H,12H2,1-5H3. The first-order valence-electron chi connectivity index (χ1n) is 7.94. The molecule has 23 heavy (non-hydrogen) atoms. The first-order chi connectivity index (χ1) is 10.9. The Morgan fingerprint density at radius 2 is 1.52 bits per heavy atom. The van der Waals surface area contributed by atoms with Gasteiger partial charge in [-0.25, -0.2) is 0 Å². The number of hydrogen-bond donors (Lipinski definition) is 0. The monoisotopic (exact) mass is 315 g/mol. The zero-order valence-electron chi connectivity index (χ0n) is 14.5. The lowest BCUT2D eigenvalue weighted by Gasteiger charge is -2.30. The summed E-state index contributed by atoms with van der Waals surface area (Å²) in [6.07, 6.45) is 0. The molecule has 0 saturated carbocycles. The predicted octanol–water partition coefficient (Wildman–Crippen LogP) is 3.87. The quantitative estimate of drug-likeness (QED) is 0.812. The highest BCUT2D eigenvalue weighted by atomic mass is 16.5. The van der Waals surface area contributed by atoms with Gasteiger partial charge in [-0.1, -0.05) is 12.1 Å². The van der Waals surface area contributed by atoms with Crippen LogP contribution in [0.4, 0.5) is 0 Å². The van der Waals surface area contributed by atoms with Crippen LogP contribution in [-0.4, -0.2) is 36.6 Å². The summed E-state index contributed by atoms with van der Waals surface area (Å²) >= 11 is 0. The molecule has 2 rings (SSSR count). The van der Waals surface area contributed by atoms with Crippen LogP contribution in [0.3, 0.4) is 0 Å². The van der Waals surface area contributed by atoms with E-state index in [2.05, 4.69) is 0 Å². The van der Waals surface area contributed by atoms with Crippen LogP contribution >= 0.6 is 0 Å². The first kappa shape index (κ1) is 17.1. The summed E-state index contributed by atoms with van der Waals surface area (Å²) in [5.74, 6) is 1.49. The van der Waals surface area contributed by atoms with Gasteiger partial charge in [0.15, 0.2) is 6.61 Å². The molecule has 0 bridgehead atoms. The Hall–Kier alpha value is -2.23. The van der Waals surface area contributed by atoms with Crippen molar-refractivity contribution in [3.63, 3.8) is 0 Å². The van der Waals surface area contributed by atoms with Crippen molar-refractivity contribution in [3.05, 3.63) is 36.4 Å². The van der Waals surface area contributed by atoms with Gasteiger partial charge in [0.05, 0.1) is 7.11 Å². The van der Waals surface area contributed by atoms with Crippen molar-refractivity contribution in [2.75, 3.05) is 13.7 Å². The molecule has 4 heteroatoms. The summed E-state index contributed by atoms with van der Waals surface area (Å²) in [6.45, 7) is 8.10. The van der Waals surface area contributed by atoms with Gasteiger partial charge in [-0.3, -0.25) is 4.79 Å². The second-order valence-electron chi connectivity index (χ2n) is 6.15. The summed E-state index contributed by atoms with van der Waals surface area (Å²) in [6, 6.07) is 12.0. The molecular weight excluding hydrogens is 290 g/mol. The zero-order chi connectivity index (χ0) is 17.0. The third-order valence-electron chi connectivity index (χ3n) is 3.78. The lowest BCUT2D eigenvalue weighted by Crippen LogP contribution is -2.44. The average molecular weight is 315 g/mol. The topological polar surface area (TPSA) is 38.8 Å². The summed E-state index contributed by atoms with van der Waals surface area (Å²) in [5, 5.41) is 2.13. The van der Waals surface area contributed by atoms with Crippen LogP contribution in [-0.2, 0) is 4.79 Å². The molecule has 0 unspecified atom stereocenters. The number of nitrogens with zero attached hydrogens (tertiary/aromatic N) is 1. The molecule has 0 saturated heterocycles. The molecule has 0 spiro atoms. The molecule has 2 aromatic carbocycles. The number of fused-ring (bicyclic) bond motifs is 1. The van der Waals surface area contributed by atoms with Crippen molar-refractivity contribution >= 4 is 16.7 Å². The molecule has 124 valence electrons. The van der Waals surface area contributed by atoms with Gasteiger partial charge in [-0.05, 0) is 62.7 Å². The molecule has 2 aromatic rings. The Labute approximate surface area is 138 Å². The van der Waals surface area contributed by atoms with Crippen LogP contribution < -0.4 is 9.47 Å². The van der Waals surface area contributed by atoms with Crippen molar-refractivity contribution in [2.45, 2.75) is 39.8 Å². The molecule has 0 aliphatic carbocycles. The minimum Gasteiger partial charge on any atom is -0.497 e. The fourth-order valence-electron chi connectivity index (χ4n) is 2.81. The van der Waals surface area contributed by atoms with Gasteiger partial charge in [0.1, 0.15) is 11.5 Å². The summed E-state index contributed by atoms with van der Waals surface area (Å²) < 4.78 is 10.9. The summed E-state index contributed by atoms with van der Waals surface area (Å²) in [4.78, 5) is 14.2. The third kappa shape index (κ3) is 4.15. The smallest absolute Gasteiger partial charge is 0.260 e. The highest BCUT2D eigenvalue weighted by molar-refractivity contribution is 5.85. The molecular formula is C19H25NO3. The van der Waals surface area contributed by atoms with Gasteiger partial charge >= 0.3 is 0 Å². The molecule has 0 aromatic heterocycles. The fraction of sp³-hybridized carbons (Fsp3) is 0.421. The predicted molar refractivity (Wildman–Crippen MR) is 93.1 cm³/mol. The van der Waals surface area contributed by atoms with E-state index in [1.807, 2.05) is 69.0 Å². The maximum Gasteiger partial charge on any atom is 0.260 e. The van der Waals surface area contributed by atoms with Crippen LogP contribution in [0.1, 0.15) is 27.7 Å². The highest BCUT2D eigenvalue weighted by Crippen LogP contribution is 2.25. The Balaban J connectivity index is 2.11. The minimum absolute atomic E-state index is 0.000684. The van der Waals surface area contributed by atoms with E-state index in [4.69, 9.17) is 9.47 Å². The van der Waals surface area contributed by atoms with Crippen molar-refractivity contribution in [3.8, 4) is 11.5 Å². The maximum atomic E-state index is 12.3. The Kier molecular flexibility index (Phi) is 5.48. The number of carbonyl (C=O) groups excluding carboxylic acids is 1. The number of benzene rings is 2. The molecule has 0 N–H and O–H groups in total. The van der Waals surface area contributed by atoms with Crippen LogP contribution in [0.25, 0.3) is 10.8 Å². The summed E-state index contributed by atoms with van der Waals surface area (Å²) in [5.41, 5.74) is 0. The molecule has 0 heterocycles. The second-order valence-corrected chi connectivity index (χ2v) is 6.15. The molecule has 4 nitrogen and oxygen atoms in total. The SMILES string of the molecule is COc1ccc2ccc(OCC(=O)N(C(C)C)C(C)C)cc2c1. The van der Waals surface area contributed by atoms with Crippen LogP contribution in [0.15, 0.2) is 36.4 Å². The number of carbonyl (C=O) groups is 1. The van der Waals surface area contributed by atoms with Gasteiger partial charge in [0, 0.05) is 12.1 Å². The Morgan fingerprint density at radius 1 is 0.957 bits per heavy atom. The van der Waals surface area contributed by atoms with E-state index in [0.29, 0.717) is 5.75 Å². The van der Waals surface area contributed by atoms with E-state index in [1.165, 1.54) is 0 Å². The lowest BCUT2D eigenvalue weighted by atomic mass is 10.1. The molecule has 0 aliphatic rings. The van der Waals surface area contributed by atoms with Crippen molar-refractivity contribution in [1.82, 2.24) is 4.90 Å². The van der Waals surface area contributed by atoms with Crippen molar-refractivity contribution in [2.24, 2.45) is 0 Å². The second kappa shape index (κ2) is 7.36. The van der Waals surface area contributed by atoms with Gasteiger partial charge in [-0.15, -0.1) is 0 Å². The van der Waals surface area contributed by atoms with E-state index in [0.717, 1.165) is 16.5 Å². The van der Waals surface area contributed by atoms with Crippen molar-refractivity contribution in [1.29, 1.82) is 0 Å². The number of methoxy groups -OCH3 is 1. The van der Waals surface area contributed by atoms with Crippen LogP contribution in [0.5, 0.6) is 11.5 Å². The van der Waals surface area contributed by atoms with Gasteiger partial charge in [0.25, 0.3) is 5.91 Å². The molecule has 1 amide bonds. The maximum absolute atomic E-state index is 12.3. The Morgan fingerprint density at radius 3 is 2.09 bits per heavy atom.